The molecule has 0 bridgehead atoms. The fourth-order valence-corrected chi connectivity index (χ4v) is 3.12. The number of aryl methyl sites for hydroxylation is 3. The lowest BCUT2D eigenvalue weighted by Crippen LogP contribution is -2.03. The van der Waals surface area contributed by atoms with Gasteiger partial charge in [0.05, 0.1) is 37.0 Å². The average molecular weight is 421 g/mol. The Morgan fingerprint density at radius 3 is 2.48 bits per heavy atom. The van der Waals surface area contributed by atoms with Gasteiger partial charge in [0.25, 0.3) is 0 Å². The van der Waals surface area contributed by atoms with Gasteiger partial charge in [-0.3, -0.25) is 9.97 Å². The van der Waals surface area contributed by atoms with Gasteiger partial charge in [0.1, 0.15) is 23.8 Å². The van der Waals surface area contributed by atoms with E-state index in [1.165, 1.54) is 0 Å². The van der Waals surface area contributed by atoms with Gasteiger partial charge in [0.2, 0.25) is 0 Å². The van der Waals surface area contributed by atoms with Crippen LogP contribution in [-0.4, -0.2) is 41.5 Å². The highest BCUT2D eigenvalue weighted by molar-refractivity contribution is 5.96. The fraction of sp³-hybridized carbons (Fsp3) is 0.333. The van der Waals surface area contributed by atoms with E-state index in [-0.39, 0.29) is 0 Å². The van der Waals surface area contributed by atoms with Crippen molar-refractivity contribution in [3.8, 4) is 22.9 Å². The summed E-state index contributed by atoms with van der Waals surface area (Å²) >= 11 is 0. The minimum Gasteiger partial charge on any atom is -0.497 e. The molecular weight excluding hydrogens is 392 g/mol. The Balaban J connectivity index is 1.65. The fourth-order valence-electron chi connectivity index (χ4n) is 3.12. The van der Waals surface area contributed by atoms with Gasteiger partial charge in [-0.1, -0.05) is 11.2 Å². The van der Waals surface area contributed by atoms with Gasteiger partial charge in [-0.25, -0.2) is 4.98 Å². The van der Waals surface area contributed by atoms with Crippen LogP contribution in [0.25, 0.3) is 11.4 Å². The van der Waals surface area contributed by atoms with Crippen LogP contribution < -0.4 is 9.47 Å². The van der Waals surface area contributed by atoms with Gasteiger partial charge in [0, 0.05) is 23.5 Å². The topological polar surface area (TPSA) is 78.7 Å². The SMILES string of the molecule is COc1cc(C)nc(-c2ccc(OC)c(CCCON=C(C)c3cccc(C)n3)n2)c1. The number of nitrogens with zero attached hydrogens (tertiary/aromatic N) is 4. The molecule has 0 atom stereocenters. The quantitative estimate of drug-likeness (QED) is 0.287. The number of oxime groups is 1. The van der Waals surface area contributed by atoms with E-state index in [1.54, 1.807) is 14.2 Å². The first kappa shape index (κ1) is 22.2. The summed E-state index contributed by atoms with van der Waals surface area (Å²) in [4.78, 5) is 19.3. The maximum Gasteiger partial charge on any atom is 0.140 e. The van der Waals surface area contributed by atoms with Crippen LogP contribution in [0.4, 0.5) is 0 Å². The Bertz CT molecular complexity index is 1070. The molecule has 0 aliphatic heterocycles. The zero-order valence-electron chi connectivity index (χ0n) is 18.7. The number of pyridine rings is 3. The first-order chi connectivity index (χ1) is 15.0. The third-order valence-electron chi connectivity index (χ3n) is 4.69. The lowest BCUT2D eigenvalue weighted by molar-refractivity contribution is 0.141. The molecule has 3 aromatic heterocycles. The number of aromatic nitrogens is 3. The molecule has 0 aliphatic rings. The van der Waals surface area contributed by atoms with Crippen molar-refractivity contribution in [1.29, 1.82) is 0 Å². The van der Waals surface area contributed by atoms with Crippen LogP contribution in [0.5, 0.6) is 11.5 Å². The minimum absolute atomic E-state index is 0.467. The van der Waals surface area contributed by atoms with Crippen molar-refractivity contribution in [1.82, 2.24) is 15.0 Å². The summed E-state index contributed by atoms with van der Waals surface area (Å²) in [7, 11) is 3.29. The first-order valence-electron chi connectivity index (χ1n) is 10.2. The molecule has 0 unspecified atom stereocenters. The van der Waals surface area contributed by atoms with E-state index in [9.17, 15) is 0 Å². The third-order valence-corrected chi connectivity index (χ3v) is 4.69. The summed E-state index contributed by atoms with van der Waals surface area (Å²) in [5.74, 6) is 1.50. The van der Waals surface area contributed by atoms with Crippen molar-refractivity contribution in [3.05, 3.63) is 65.2 Å². The minimum atomic E-state index is 0.467. The smallest absolute Gasteiger partial charge is 0.140 e. The molecule has 3 heterocycles. The van der Waals surface area contributed by atoms with Gasteiger partial charge in [-0.2, -0.15) is 0 Å². The van der Waals surface area contributed by atoms with Gasteiger partial charge in [-0.05, 0) is 57.9 Å². The van der Waals surface area contributed by atoms with Crippen LogP contribution in [-0.2, 0) is 11.3 Å². The Labute approximate surface area is 183 Å². The van der Waals surface area contributed by atoms with Gasteiger partial charge < -0.3 is 14.3 Å². The van der Waals surface area contributed by atoms with E-state index < -0.39 is 0 Å². The summed E-state index contributed by atoms with van der Waals surface area (Å²) in [6.45, 7) is 6.24. The molecule has 0 N–H and O–H groups in total. The molecule has 0 amide bonds. The molecular formula is C24H28N4O3. The Kier molecular flexibility index (Phi) is 7.54. The van der Waals surface area contributed by atoms with Crippen molar-refractivity contribution in [2.75, 3.05) is 20.8 Å². The van der Waals surface area contributed by atoms with E-state index in [0.717, 1.165) is 57.8 Å². The molecule has 0 spiro atoms. The summed E-state index contributed by atoms with van der Waals surface area (Å²) in [5, 5.41) is 4.18. The zero-order chi connectivity index (χ0) is 22.2. The highest BCUT2D eigenvalue weighted by atomic mass is 16.6. The standard InChI is InChI=1S/C24H28N4O3/c1-16-8-6-9-20(25-16)18(3)28-31-13-7-10-22-24(30-5)12-11-21(27-22)23-15-19(29-4)14-17(2)26-23/h6,8-9,11-12,14-15H,7,10,13H2,1-5H3. The summed E-state index contributed by atoms with van der Waals surface area (Å²) < 4.78 is 10.8. The van der Waals surface area contributed by atoms with E-state index in [1.807, 2.05) is 63.2 Å². The zero-order valence-corrected chi connectivity index (χ0v) is 18.7. The van der Waals surface area contributed by atoms with Crippen molar-refractivity contribution in [2.45, 2.75) is 33.6 Å². The van der Waals surface area contributed by atoms with Crippen LogP contribution in [0.2, 0.25) is 0 Å². The number of hydrogen-bond acceptors (Lipinski definition) is 7. The van der Waals surface area contributed by atoms with Gasteiger partial charge in [0.15, 0.2) is 0 Å². The van der Waals surface area contributed by atoms with Crippen LogP contribution in [0.3, 0.4) is 0 Å². The van der Waals surface area contributed by atoms with E-state index in [2.05, 4.69) is 15.1 Å². The van der Waals surface area contributed by atoms with E-state index in [4.69, 9.17) is 19.3 Å². The van der Waals surface area contributed by atoms with Crippen LogP contribution in [0, 0.1) is 13.8 Å². The molecule has 0 saturated heterocycles. The number of hydrogen-bond donors (Lipinski definition) is 0. The van der Waals surface area contributed by atoms with Gasteiger partial charge in [-0.15, -0.1) is 0 Å². The van der Waals surface area contributed by atoms with E-state index in [0.29, 0.717) is 13.0 Å². The Hall–Kier alpha value is -3.48. The predicted molar refractivity (Wildman–Crippen MR) is 121 cm³/mol. The predicted octanol–water partition coefficient (Wildman–Crippen LogP) is 4.55. The summed E-state index contributed by atoms with van der Waals surface area (Å²) in [5.41, 5.74) is 5.79. The first-order valence-corrected chi connectivity index (χ1v) is 10.2. The molecule has 7 heteroatoms. The van der Waals surface area contributed by atoms with Crippen molar-refractivity contribution in [2.24, 2.45) is 5.16 Å². The number of ether oxygens (including phenoxy) is 2. The normalized spacial score (nSPS) is 11.3. The molecule has 31 heavy (non-hydrogen) atoms. The van der Waals surface area contributed by atoms with Crippen molar-refractivity contribution < 1.29 is 14.3 Å². The van der Waals surface area contributed by atoms with Crippen molar-refractivity contribution >= 4 is 5.71 Å². The monoisotopic (exact) mass is 420 g/mol. The highest BCUT2D eigenvalue weighted by Crippen LogP contribution is 2.26. The van der Waals surface area contributed by atoms with Crippen LogP contribution in [0.1, 0.15) is 36.1 Å². The maximum atomic E-state index is 5.50. The second kappa shape index (κ2) is 10.5. The van der Waals surface area contributed by atoms with Crippen LogP contribution in [0.15, 0.2) is 47.6 Å². The molecule has 3 aromatic rings. The van der Waals surface area contributed by atoms with Crippen molar-refractivity contribution in [3.63, 3.8) is 0 Å². The molecule has 0 saturated carbocycles. The molecule has 7 nitrogen and oxygen atoms in total. The second-order valence-corrected chi connectivity index (χ2v) is 7.16. The summed E-state index contributed by atoms with van der Waals surface area (Å²) in [6.07, 6.45) is 1.44. The molecule has 0 radical (unpaired) electrons. The lowest BCUT2D eigenvalue weighted by Gasteiger charge is -2.11. The molecule has 162 valence electrons. The van der Waals surface area contributed by atoms with E-state index >= 15 is 0 Å². The lowest BCUT2D eigenvalue weighted by atomic mass is 10.1. The Morgan fingerprint density at radius 1 is 0.903 bits per heavy atom. The molecule has 0 aromatic carbocycles. The number of rotatable bonds is 9. The molecule has 0 aliphatic carbocycles. The number of methoxy groups -OCH3 is 2. The Morgan fingerprint density at radius 2 is 1.74 bits per heavy atom. The summed E-state index contributed by atoms with van der Waals surface area (Å²) in [6, 6.07) is 13.4. The second-order valence-electron chi connectivity index (χ2n) is 7.16. The average Bonchev–Trinajstić information content (AvgIpc) is 2.78. The largest absolute Gasteiger partial charge is 0.497 e. The highest BCUT2D eigenvalue weighted by Gasteiger charge is 2.11. The third kappa shape index (κ3) is 6.01. The molecule has 3 rings (SSSR count). The maximum absolute atomic E-state index is 5.50. The molecule has 0 fully saturated rings. The van der Waals surface area contributed by atoms with Crippen LogP contribution >= 0.6 is 0 Å². The van der Waals surface area contributed by atoms with Gasteiger partial charge >= 0.3 is 0 Å².